The quantitative estimate of drug-likeness (QED) is 0.565. The van der Waals surface area contributed by atoms with Crippen LogP contribution in [0.25, 0.3) is 0 Å². The third-order valence-corrected chi connectivity index (χ3v) is 5.24. The van der Waals surface area contributed by atoms with E-state index >= 15 is 0 Å². The van der Waals surface area contributed by atoms with Gasteiger partial charge in [0.05, 0.1) is 6.54 Å². The Kier molecular flexibility index (Phi) is 14.1. The SMILES string of the molecule is CN1CCN(CCCNC(=O)CNCC2CC2)C(c2ccccc2)C1.Cl.Cl.Cl. The molecule has 0 spiro atoms. The maximum absolute atomic E-state index is 11.8. The van der Waals surface area contributed by atoms with Crippen LogP contribution >= 0.6 is 37.2 Å². The number of hydrogen-bond acceptors (Lipinski definition) is 4. The summed E-state index contributed by atoms with van der Waals surface area (Å²) in [6, 6.07) is 11.2. The molecule has 2 fully saturated rings. The van der Waals surface area contributed by atoms with Crippen molar-refractivity contribution in [3.63, 3.8) is 0 Å². The smallest absolute Gasteiger partial charge is 0.233 e. The van der Waals surface area contributed by atoms with E-state index in [-0.39, 0.29) is 43.1 Å². The second kappa shape index (κ2) is 14.4. The van der Waals surface area contributed by atoms with Gasteiger partial charge >= 0.3 is 0 Å². The highest BCUT2D eigenvalue weighted by Crippen LogP contribution is 2.27. The summed E-state index contributed by atoms with van der Waals surface area (Å²) in [7, 11) is 2.20. The van der Waals surface area contributed by atoms with E-state index in [1.807, 2.05) is 0 Å². The van der Waals surface area contributed by atoms with Crippen molar-refractivity contribution < 1.29 is 4.79 Å². The number of amides is 1. The molecule has 2 N–H and O–H groups in total. The fraction of sp³-hybridized carbons (Fsp3) is 0.650. The van der Waals surface area contributed by atoms with E-state index in [9.17, 15) is 4.79 Å². The van der Waals surface area contributed by atoms with Crippen molar-refractivity contribution >= 4 is 43.1 Å². The van der Waals surface area contributed by atoms with Gasteiger partial charge in [0.2, 0.25) is 5.91 Å². The normalized spacial score (nSPS) is 19.7. The minimum Gasteiger partial charge on any atom is -0.355 e. The van der Waals surface area contributed by atoms with Crippen LogP contribution in [0.4, 0.5) is 0 Å². The van der Waals surface area contributed by atoms with Gasteiger partial charge in [-0.25, -0.2) is 0 Å². The van der Waals surface area contributed by atoms with Crippen molar-refractivity contribution in [2.45, 2.75) is 25.3 Å². The first kappa shape index (κ1) is 27.4. The Balaban J connectivity index is 0.00000243. The number of piperazine rings is 1. The summed E-state index contributed by atoms with van der Waals surface area (Å²) < 4.78 is 0. The molecule has 1 saturated carbocycles. The number of rotatable bonds is 9. The molecule has 162 valence electrons. The maximum atomic E-state index is 11.8. The van der Waals surface area contributed by atoms with Crippen LogP contribution in [0.1, 0.15) is 30.9 Å². The van der Waals surface area contributed by atoms with E-state index in [4.69, 9.17) is 0 Å². The number of nitrogens with one attached hydrogen (secondary N) is 2. The third-order valence-electron chi connectivity index (χ3n) is 5.24. The fourth-order valence-corrected chi connectivity index (χ4v) is 3.50. The molecule has 1 aromatic rings. The molecular formula is C20H35Cl3N4O. The highest BCUT2D eigenvalue weighted by molar-refractivity contribution is 5.86. The van der Waals surface area contributed by atoms with Crippen LogP contribution in [0.2, 0.25) is 0 Å². The van der Waals surface area contributed by atoms with Crippen molar-refractivity contribution in [3.05, 3.63) is 35.9 Å². The minimum atomic E-state index is 0. The van der Waals surface area contributed by atoms with Gasteiger partial charge in [-0.3, -0.25) is 9.69 Å². The number of benzene rings is 1. The number of nitrogens with zero attached hydrogens (tertiary/aromatic N) is 2. The number of likely N-dealkylation sites (N-methyl/N-ethyl adjacent to an activating group) is 1. The Labute approximate surface area is 188 Å². The molecule has 1 aliphatic carbocycles. The number of halogens is 3. The summed E-state index contributed by atoms with van der Waals surface area (Å²) >= 11 is 0. The van der Waals surface area contributed by atoms with Crippen molar-refractivity contribution in [1.82, 2.24) is 20.4 Å². The molecule has 0 bridgehead atoms. The third kappa shape index (κ3) is 9.29. The average Bonchev–Trinajstić information content (AvgIpc) is 3.45. The highest BCUT2D eigenvalue weighted by atomic mass is 35.5. The summed E-state index contributed by atoms with van der Waals surface area (Å²) in [5.74, 6) is 0.943. The van der Waals surface area contributed by atoms with Crippen molar-refractivity contribution in [2.24, 2.45) is 5.92 Å². The molecule has 1 aliphatic heterocycles. The Morgan fingerprint density at radius 3 is 2.50 bits per heavy atom. The molecule has 1 aromatic carbocycles. The van der Waals surface area contributed by atoms with Gasteiger partial charge in [0, 0.05) is 38.8 Å². The molecule has 0 radical (unpaired) electrons. The molecular weight excluding hydrogens is 419 g/mol. The lowest BCUT2D eigenvalue weighted by Gasteiger charge is -2.40. The van der Waals surface area contributed by atoms with Crippen LogP contribution in [0.3, 0.4) is 0 Å². The zero-order chi connectivity index (χ0) is 17.5. The molecule has 28 heavy (non-hydrogen) atoms. The first-order valence-electron chi connectivity index (χ1n) is 9.67. The summed E-state index contributed by atoms with van der Waals surface area (Å²) in [5.41, 5.74) is 1.39. The van der Waals surface area contributed by atoms with E-state index in [1.54, 1.807) is 0 Å². The zero-order valence-electron chi connectivity index (χ0n) is 16.6. The van der Waals surface area contributed by atoms with E-state index in [1.165, 1.54) is 18.4 Å². The molecule has 0 aromatic heterocycles. The topological polar surface area (TPSA) is 47.6 Å². The highest BCUT2D eigenvalue weighted by Gasteiger charge is 2.26. The zero-order valence-corrected chi connectivity index (χ0v) is 19.1. The van der Waals surface area contributed by atoms with Gasteiger partial charge < -0.3 is 15.5 Å². The van der Waals surface area contributed by atoms with Crippen LogP contribution in [-0.4, -0.2) is 68.6 Å². The number of carbonyl (C=O) groups is 1. The predicted molar refractivity (Wildman–Crippen MR) is 123 cm³/mol. The summed E-state index contributed by atoms with van der Waals surface area (Å²) in [4.78, 5) is 16.8. The lowest BCUT2D eigenvalue weighted by molar-refractivity contribution is -0.120. The molecule has 1 amide bonds. The van der Waals surface area contributed by atoms with E-state index in [0.29, 0.717) is 12.6 Å². The minimum absolute atomic E-state index is 0. The average molecular weight is 454 g/mol. The second-order valence-corrected chi connectivity index (χ2v) is 7.50. The summed E-state index contributed by atoms with van der Waals surface area (Å²) in [6.45, 7) is 6.52. The largest absolute Gasteiger partial charge is 0.355 e. The standard InChI is InChI=1S/C20H32N4O.3ClH/c1-23-12-13-24(19(16-23)18-6-3-2-4-7-18)11-5-10-22-20(25)15-21-14-17-8-9-17;;;/h2-4,6-7,17,19,21H,5,8-16H2,1H3,(H,22,25);3*1H. The Hall–Kier alpha value is -0.560. The van der Waals surface area contributed by atoms with E-state index in [0.717, 1.165) is 51.6 Å². The van der Waals surface area contributed by atoms with Crippen LogP contribution in [0.5, 0.6) is 0 Å². The fourth-order valence-electron chi connectivity index (χ4n) is 3.50. The van der Waals surface area contributed by atoms with Gasteiger partial charge in [-0.2, -0.15) is 0 Å². The lowest BCUT2D eigenvalue weighted by atomic mass is 10.0. The van der Waals surface area contributed by atoms with Crippen LogP contribution < -0.4 is 10.6 Å². The van der Waals surface area contributed by atoms with E-state index < -0.39 is 0 Å². The van der Waals surface area contributed by atoms with Crippen LogP contribution in [-0.2, 0) is 4.79 Å². The lowest BCUT2D eigenvalue weighted by Crippen LogP contribution is -2.47. The van der Waals surface area contributed by atoms with Crippen molar-refractivity contribution in [2.75, 3.05) is 52.9 Å². The van der Waals surface area contributed by atoms with Gasteiger partial charge in [-0.1, -0.05) is 30.3 Å². The van der Waals surface area contributed by atoms with E-state index in [2.05, 4.69) is 57.8 Å². The van der Waals surface area contributed by atoms with Gasteiger partial charge in [0.25, 0.3) is 0 Å². The molecule has 3 rings (SSSR count). The first-order chi connectivity index (χ1) is 12.2. The monoisotopic (exact) mass is 452 g/mol. The van der Waals surface area contributed by atoms with Crippen LogP contribution in [0, 0.1) is 5.92 Å². The molecule has 1 saturated heterocycles. The van der Waals surface area contributed by atoms with Crippen molar-refractivity contribution in [3.8, 4) is 0 Å². The van der Waals surface area contributed by atoms with Crippen LogP contribution in [0.15, 0.2) is 30.3 Å². The van der Waals surface area contributed by atoms with Gasteiger partial charge in [0.15, 0.2) is 0 Å². The molecule has 1 heterocycles. The second-order valence-electron chi connectivity index (χ2n) is 7.50. The molecule has 2 aliphatic rings. The Bertz CT molecular complexity index is 546. The van der Waals surface area contributed by atoms with Gasteiger partial charge in [-0.05, 0) is 44.3 Å². The maximum Gasteiger partial charge on any atom is 0.233 e. The molecule has 5 nitrogen and oxygen atoms in total. The molecule has 8 heteroatoms. The number of carbonyl (C=O) groups excluding carboxylic acids is 1. The predicted octanol–water partition coefficient (Wildman–Crippen LogP) is 2.75. The summed E-state index contributed by atoms with van der Waals surface area (Å²) in [5, 5.41) is 6.28. The molecule has 1 atom stereocenters. The first-order valence-corrected chi connectivity index (χ1v) is 9.67. The van der Waals surface area contributed by atoms with Gasteiger partial charge in [0.1, 0.15) is 0 Å². The Morgan fingerprint density at radius 1 is 1.11 bits per heavy atom. The van der Waals surface area contributed by atoms with Gasteiger partial charge in [-0.15, -0.1) is 37.2 Å². The number of hydrogen-bond donors (Lipinski definition) is 2. The summed E-state index contributed by atoms with van der Waals surface area (Å²) in [6.07, 6.45) is 3.64. The van der Waals surface area contributed by atoms with Crippen molar-refractivity contribution in [1.29, 1.82) is 0 Å². The molecule has 1 unspecified atom stereocenters. The Morgan fingerprint density at radius 2 is 1.82 bits per heavy atom.